The van der Waals surface area contributed by atoms with Crippen LogP contribution >= 0.6 is 50.9 Å². The van der Waals surface area contributed by atoms with Gasteiger partial charge in [-0.1, -0.05) is 51.3 Å². The first kappa shape index (κ1) is 23.8. The fraction of sp³-hybridized carbons (Fsp3) is 0.280. The molecule has 176 valence electrons. The molecule has 0 atom stereocenters. The molecular weight excluding hydrogens is 555 g/mol. The predicted octanol–water partition coefficient (Wildman–Crippen LogP) is 6.90. The maximum atomic E-state index is 13.5. The molecule has 1 N–H and O–H groups in total. The molecule has 9 heteroatoms. The zero-order valence-corrected chi connectivity index (χ0v) is 22.3. The van der Waals surface area contributed by atoms with Crippen molar-refractivity contribution in [3.63, 3.8) is 0 Å². The Kier molecular flexibility index (Phi) is 7.25. The smallest absolute Gasteiger partial charge is 0.289 e. The first-order valence-corrected chi connectivity index (χ1v) is 13.9. The van der Waals surface area contributed by atoms with E-state index >= 15 is 0 Å². The number of allylic oxidation sites excluding steroid dienone is 1. The Hall–Kier alpha value is -1.93. The van der Waals surface area contributed by atoms with Crippen LogP contribution in [0.1, 0.15) is 46.6 Å². The number of hydrogen-bond donors (Lipinski definition) is 1. The molecule has 0 aliphatic carbocycles. The van der Waals surface area contributed by atoms with Crippen LogP contribution in [0.4, 0.5) is 0 Å². The summed E-state index contributed by atoms with van der Waals surface area (Å²) >= 11 is 17.9. The summed E-state index contributed by atoms with van der Waals surface area (Å²) in [5.74, 6) is 1.55. The molecule has 0 saturated carbocycles. The number of fused-ring (bicyclic) bond motifs is 1. The second-order valence-electron chi connectivity index (χ2n) is 8.32. The molecule has 0 bridgehead atoms. The van der Waals surface area contributed by atoms with Gasteiger partial charge >= 0.3 is 0 Å². The summed E-state index contributed by atoms with van der Waals surface area (Å²) in [6.07, 6.45) is 6.02. The van der Waals surface area contributed by atoms with Crippen LogP contribution in [0.25, 0.3) is 11.8 Å². The summed E-state index contributed by atoms with van der Waals surface area (Å²) < 4.78 is 2.86. The van der Waals surface area contributed by atoms with Crippen LogP contribution < -0.4 is 5.43 Å². The van der Waals surface area contributed by atoms with Gasteiger partial charge in [0.25, 0.3) is 5.91 Å². The maximum absolute atomic E-state index is 13.5. The largest absolute Gasteiger partial charge is 0.290 e. The standard InChI is InChI=1S/C25H23BrCl2N4OS/c26-17-6-4-16(5-7-17)13-19-3-1-2-11-31(19)30-25(33)24-20-15-34-12-10-22(20)32(29-24)23-9-8-18(27)14-21(23)28/h4-9,13-14H,1-3,10-12,15H2,(H,30,33). The fourth-order valence-corrected chi connectivity index (χ4v) is 6.07. The molecule has 5 nitrogen and oxygen atoms in total. The zero-order valence-electron chi connectivity index (χ0n) is 18.4. The Morgan fingerprint density at radius 2 is 1.94 bits per heavy atom. The number of benzene rings is 2. The number of aromatic nitrogens is 2. The average molecular weight is 578 g/mol. The highest BCUT2D eigenvalue weighted by molar-refractivity contribution is 9.10. The Bertz CT molecular complexity index is 1260. The van der Waals surface area contributed by atoms with Crippen molar-refractivity contribution in [3.8, 4) is 5.69 Å². The van der Waals surface area contributed by atoms with Crippen LogP contribution in [0.5, 0.6) is 0 Å². The number of piperidine rings is 1. The SMILES string of the molecule is O=C(NN1CCCCC1=Cc1ccc(Br)cc1)c1nn(-c2ccc(Cl)cc2Cl)c2c1CSCC2. The third-order valence-corrected chi connectivity index (χ3v) is 8.08. The lowest BCUT2D eigenvalue weighted by atomic mass is 10.1. The molecule has 0 spiro atoms. The van der Waals surface area contributed by atoms with Gasteiger partial charge in [-0.15, -0.1) is 0 Å². The van der Waals surface area contributed by atoms with Crippen LogP contribution in [0.2, 0.25) is 10.0 Å². The quantitative estimate of drug-likeness (QED) is 0.366. The van der Waals surface area contributed by atoms with Gasteiger partial charge < -0.3 is 0 Å². The van der Waals surface area contributed by atoms with E-state index in [1.54, 1.807) is 12.1 Å². The number of hydrogen-bond acceptors (Lipinski definition) is 4. The molecule has 2 aromatic carbocycles. The number of amides is 1. The second-order valence-corrected chi connectivity index (χ2v) is 11.2. The molecule has 0 unspecified atom stereocenters. The van der Waals surface area contributed by atoms with Gasteiger partial charge in [-0.3, -0.25) is 15.2 Å². The van der Waals surface area contributed by atoms with E-state index in [9.17, 15) is 4.79 Å². The monoisotopic (exact) mass is 576 g/mol. The summed E-state index contributed by atoms with van der Waals surface area (Å²) in [6, 6.07) is 13.5. The minimum atomic E-state index is -0.189. The molecule has 3 aromatic rings. The summed E-state index contributed by atoms with van der Waals surface area (Å²) in [6.45, 7) is 0.773. The Morgan fingerprint density at radius 3 is 2.74 bits per heavy atom. The summed E-state index contributed by atoms with van der Waals surface area (Å²) in [5, 5.41) is 7.81. The van der Waals surface area contributed by atoms with E-state index in [4.69, 9.17) is 28.3 Å². The maximum Gasteiger partial charge on any atom is 0.290 e. The van der Waals surface area contributed by atoms with Gasteiger partial charge in [0.15, 0.2) is 5.69 Å². The highest BCUT2D eigenvalue weighted by Crippen LogP contribution is 2.33. The van der Waals surface area contributed by atoms with Crippen LogP contribution in [-0.2, 0) is 12.2 Å². The van der Waals surface area contributed by atoms with Crippen LogP contribution in [0.3, 0.4) is 0 Å². The lowest BCUT2D eigenvalue weighted by molar-refractivity contribution is 0.0810. The van der Waals surface area contributed by atoms with Gasteiger partial charge in [-0.2, -0.15) is 16.9 Å². The van der Waals surface area contributed by atoms with Crippen molar-refractivity contribution in [2.75, 3.05) is 12.3 Å². The number of nitrogens with one attached hydrogen (secondary N) is 1. The Balaban J connectivity index is 1.45. The topological polar surface area (TPSA) is 50.2 Å². The molecule has 1 aromatic heterocycles. The van der Waals surface area contributed by atoms with E-state index < -0.39 is 0 Å². The molecule has 1 saturated heterocycles. The molecule has 2 aliphatic heterocycles. The number of halogens is 3. The fourth-order valence-electron chi connectivity index (χ4n) is 4.33. The van der Waals surface area contributed by atoms with Gasteiger partial charge in [-0.25, -0.2) is 4.68 Å². The number of rotatable bonds is 4. The van der Waals surface area contributed by atoms with Gasteiger partial charge in [0, 0.05) is 33.1 Å². The molecular formula is C25H23BrCl2N4OS. The van der Waals surface area contributed by atoms with E-state index in [1.807, 2.05) is 39.7 Å². The van der Waals surface area contributed by atoms with E-state index in [0.29, 0.717) is 15.7 Å². The van der Waals surface area contributed by atoms with Crippen molar-refractivity contribution in [2.24, 2.45) is 0 Å². The summed E-state index contributed by atoms with van der Waals surface area (Å²) in [7, 11) is 0. The minimum Gasteiger partial charge on any atom is -0.289 e. The summed E-state index contributed by atoms with van der Waals surface area (Å²) in [4.78, 5) is 13.5. The van der Waals surface area contributed by atoms with Crippen LogP contribution in [0, 0.1) is 0 Å². The van der Waals surface area contributed by atoms with Crippen molar-refractivity contribution in [1.82, 2.24) is 20.2 Å². The second kappa shape index (κ2) is 10.4. The lowest BCUT2D eigenvalue weighted by Crippen LogP contribution is -2.44. The number of carbonyl (C=O) groups is 1. The zero-order chi connectivity index (χ0) is 23.7. The average Bonchev–Trinajstić information content (AvgIpc) is 3.21. The van der Waals surface area contributed by atoms with E-state index in [1.165, 1.54) is 0 Å². The molecule has 1 amide bonds. The summed E-state index contributed by atoms with van der Waals surface area (Å²) in [5.41, 5.74) is 8.56. The molecule has 0 radical (unpaired) electrons. The predicted molar refractivity (Wildman–Crippen MR) is 144 cm³/mol. The molecule has 5 rings (SSSR count). The Labute approximate surface area is 221 Å². The third-order valence-electron chi connectivity index (χ3n) is 6.02. The van der Waals surface area contributed by atoms with Gasteiger partial charge in [0.2, 0.25) is 0 Å². The van der Waals surface area contributed by atoms with E-state index in [-0.39, 0.29) is 5.91 Å². The van der Waals surface area contributed by atoms with E-state index in [0.717, 1.165) is 76.4 Å². The van der Waals surface area contributed by atoms with Crippen molar-refractivity contribution < 1.29 is 4.79 Å². The lowest BCUT2D eigenvalue weighted by Gasteiger charge is -2.31. The first-order chi connectivity index (χ1) is 16.5. The van der Waals surface area contributed by atoms with Crippen LogP contribution in [-0.4, -0.2) is 33.0 Å². The Morgan fingerprint density at radius 1 is 1.12 bits per heavy atom. The number of thioether (sulfide) groups is 1. The van der Waals surface area contributed by atoms with Crippen molar-refractivity contribution >= 4 is 62.9 Å². The first-order valence-electron chi connectivity index (χ1n) is 11.2. The van der Waals surface area contributed by atoms with Crippen molar-refractivity contribution in [2.45, 2.75) is 31.4 Å². The number of carbonyl (C=O) groups excluding carboxylic acids is 1. The number of hydrazine groups is 1. The molecule has 34 heavy (non-hydrogen) atoms. The molecule has 2 aliphatic rings. The van der Waals surface area contributed by atoms with Crippen molar-refractivity contribution in [3.05, 3.63) is 85.2 Å². The van der Waals surface area contributed by atoms with E-state index in [2.05, 4.69) is 39.6 Å². The normalized spacial score (nSPS) is 17.0. The molecule has 3 heterocycles. The third kappa shape index (κ3) is 5.03. The van der Waals surface area contributed by atoms with Crippen molar-refractivity contribution in [1.29, 1.82) is 0 Å². The highest BCUT2D eigenvalue weighted by atomic mass is 79.9. The minimum absolute atomic E-state index is 0.189. The number of nitrogens with zero attached hydrogens (tertiary/aromatic N) is 3. The van der Waals surface area contributed by atoms with Gasteiger partial charge in [-0.05, 0) is 73.4 Å². The van der Waals surface area contributed by atoms with Gasteiger partial charge in [0.05, 0.1) is 16.4 Å². The van der Waals surface area contributed by atoms with Gasteiger partial charge in [0.1, 0.15) is 0 Å². The molecule has 1 fully saturated rings. The van der Waals surface area contributed by atoms with Crippen LogP contribution in [0.15, 0.2) is 52.6 Å². The highest BCUT2D eigenvalue weighted by Gasteiger charge is 2.28.